The molecule has 2 aromatic rings. The Kier molecular flexibility index (Phi) is 4.87. The van der Waals surface area contributed by atoms with E-state index in [2.05, 4.69) is 9.82 Å². The van der Waals surface area contributed by atoms with Crippen LogP contribution in [0, 0.1) is 0 Å². The van der Waals surface area contributed by atoms with E-state index in [0.29, 0.717) is 18.7 Å². The van der Waals surface area contributed by atoms with Crippen LogP contribution in [0.2, 0.25) is 0 Å². The number of rotatable bonds is 6. The van der Waals surface area contributed by atoms with E-state index < -0.39 is 10.0 Å². The summed E-state index contributed by atoms with van der Waals surface area (Å²) in [6.07, 6.45) is 1.60. The quantitative estimate of drug-likeness (QED) is 0.802. The Morgan fingerprint density at radius 2 is 1.86 bits per heavy atom. The highest BCUT2D eigenvalue weighted by atomic mass is 32.2. The van der Waals surface area contributed by atoms with Gasteiger partial charge >= 0.3 is 0 Å². The average molecular weight is 307 g/mol. The molecule has 1 aromatic carbocycles. The standard InChI is InChI=1S/C14H17N3O3S/c1-21(19,20)15-10-5-11-17-14(18)9-8-13(16-17)12-6-3-2-4-7-12/h2-4,6-9,15H,5,10-11H2,1H3. The van der Waals surface area contributed by atoms with Crippen molar-refractivity contribution in [2.75, 3.05) is 12.8 Å². The molecule has 112 valence electrons. The molecule has 7 heteroatoms. The molecule has 1 heterocycles. The van der Waals surface area contributed by atoms with Crippen molar-refractivity contribution >= 4 is 10.0 Å². The topological polar surface area (TPSA) is 81.1 Å². The fourth-order valence-corrected chi connectivity index (χ4v) is 2.37. The number of sulfonamides is 1. The van der Waals surface area contributed by atoms with E-state index in [1.807, 2.05) is 30.3 Å². The van der Waals surface area contributed by atoms with Gasteiger partial charge in [-0.2, -0.15) is 5.10 Å². The highest BCUT2D eigenvalue weighted by molar-refractivity contribution is 7.88. The van der Waals surface area contributed by atoms with Gasteiger partial charge in [0.2, 0.25) is 10.0 Å². The van der Waals surface area contributed by atoms with Crippen LogP contribution in [-0.4, -0.2) is 31.0 Å². The number of hydrogen-bond donors (Lipinski definition) is 1. The Hall–Kier alpha value is -1.99. The Balaban J connectivity index is 2.08. The van der Waals surface area contributed by atoms with Gasteiger partial charge in [0.05, 0.1) is 11.9 Å². The van der Waals surface area contributed by atoms with E-state index >= 15 is 0 Å². The van der Waals surface area contributed by atoms with E-state index in [9.17, 15) is 13.2 Å². The van der Waals surface area contributed by atoms with Crippen LogP contribution >= 0.6 is 0 Å². The lowest BCUT2D eigenvalue weighted by atomic mass is 10.1. The second-order valence-corrected chi connectivity index (χ2v) is 6.50. The average Bonchev–Trinajstić information content (AvgIpc) is 2.45. The van der Waals surface area contributed by atoms with Gasteiger partial charge in [0.15, 0.2) is 0 Å². The molecule has 0 saturated carbocycles. The molecule has 0 radical (unpaired) electrons. The first-order chi connectivity index (χ1) is 9.96. The predicted octanol–water partition coefficient (Wildman–Crippen LogP) is 0.850. The first-order valence-electron chi connectivity index (χ1n) is 6.54. The molecule has 0 bridgehead atoms. The Labute approximate surface area is 123 Å². The number of hydrogen-bond acceptors (Lipinski definition) is 4. The number of aromatic nitrogens is 2. The van der Waals surface area contributed by atoms with E-state index in [0.717, 1.165) is 11.8 Å². The van der Waals surface area contributed by atoms with Gasteiger partial charge in [-0.25, -0.2) is 17.8 Å². The summed E-state index contributed by atoms with van der Waals surface area (Å²) >= 11 is 0. The molecule has 0 aliphatic carbocycles. The molecular formula is C14H17N3O3S. The molecule has 0 aliphatic heterocycles. The molecule has 0 aliphatic rings. The fraction of sp³-hybridized carbons (Fsp3) is 0.286. The van der Waals surface area contributed by atoms with Gasteiger partial charge in [0, 0.05) is 24.7 Å². The molecule has 0 saturated heterocycles. The van der Waals surface area contributed by atoms with Crippen LogP contribution in [0.5, 0.6) is 0 Å². The fourth-order valence-electron chi connectivity index (χ4n) is 1.86. The van der Waals surface area contributed by atoms with Crippen LogP contribution in [0.15, 0.2) is 47.3 Å². The lowest BCUT2D eigenvalue weighted by Gasteiger charge is -2.07. The molecule has 0 spiro atoms. The molecule has 0 atom stereocenters. The summed E-state index contributed by atoms with van der Waals surface area (Å²) in [5, 5.41) is 4.30. The van der Waals surface area contributed by atoms with E-state index in [4.69, 9.17) is 0 Å². The zero-order valence-electron chi connectivity index (χ0n) is 11.7. The largest absolute Gasteiger partial charge is 0.268 e. The number of benzene rings is 1. The van der Waals surface area contributed by atoms with E-state index in [-0.39, 0.29) is 12.1 Å². The van der Waals surface area contributed by atoms with Gasteiger partial charge in [-0.05, 0) is 12.5 Å². The van der Waals surface area contributed by atoms with E-state index in [1.54, 1.807) is 6.07 Å². The summed E-state index contributed by atoms with van der Waals surface area (Å²) in [6, 6.07) is 12.7. The summed E-state index contributed by atoms with van der Waals surface area (Å²) < 4.78 is 25.6. The summed E-state index contributed by atoms with van der Waals surface area (Å²) in [7, 11) is -3.20. The van der Waals surface area contributed by atoms with Crippen molar-refractivity contribution in [3.05, 3.63) is 52.8 Å². The molecule has 0 amide bonds. The molecule has 0 fully saturated rings. The smallest absolute Gasteiger partial charge is 0.266 e. The summed E-state index contributed by atoms with van der Waals surface area (Å²) in [5.74, 6) is 0. The Morgan fingerprint density at radius 3 is 2.52 bits per heavy atom. The normalized spacial score (nSPS) is 11.5. The van der Waals surface area contributed by atoms with Crippen molar-refractivity contribution in [1.29, 1.82) is 0 Å². The second-order valence-electron chi connectivity index (χ2n) is 4.67. The maximum absolute atomic E-state index is 11.8. The van der Waals surface area contributed by atoms with Crippen molar-refractivity contribution in [3.63, 3.8) is 0 Å². The molecule has 2 rings (SSSR count). The van der Waals surface area contributed by atoms with Gasteiger partial charge in [0.25, 0.3) is 5.56 Å². The molecule has 6 nitrogen and oxygen atoms in total. The molecular weight excluding hydrogens is 290 g/mol. The molecule has 21 heavy (non-hydrogen) atoms. The minimum absolute atomic E-state index is 0.200. The maximum Gasteiger partial charge on any atom is 0.266 e. The SMILES string of the molecule is CS(=O)(=O)NCCCn1nc(-c2ccccc2)ccc1=O. The van der Waals surface area contributed by atoms with Crippen LogP contribution in [-0.2, 0) is 16.6 Å². The van der Waals surface area contributed by atoms with Gasteiger partial charge in [0.1, 0.15) is 0 Å². The number of nitrogens with one attached hydrogen (secondary N) is 1. The summed E-state index contributed by atoms with van der Waals surface area (Å²) in [5.41, 5.74) is 1.45. The minimum atomic E-state index is -3.20. The maximum atomic E-state index is 11.8. The highest BCUT2D eigenvalue weighted by Crippen LogP contribution is 2.13. The first kappa shape index (κ1) is 15.4. The third-order valence-electron chi connectivity index (χ3n) is 2.85. The lowest BCUT2D eigenvalue weighted by Crippen LogP contribution is -2.27. The molecule has 1 aromatic heterocycles. The van der Waals surface area contributed by atoms with Gasteiger partial charge in [-0.1, -0.05) is 30.3 Å². The minimum Gasteiger partial charge on any atom is -0.268 e. The van der Waals surface area contributed by atoms with Crippen LogP contribution in [0.1, 0.15) is 6.42 Å². The van der Waals surface area contributed by atoms with Gasteiger partial charge in [-0.15, -0.1) is 0 Å². The van der Waals surface area contributed by atoms with Gasteiger partial charge in [-0.3, -0.25) is 4.79 Å². The van der Waals surface area contributed by atoms with Crippen molar-refractivity contribution in [2.24, 2.45) is 0 Å². The van der Waals surface area contributed by atoms with Crippen LogP contribution in [0.4, 0.5) is 0 Å². The van der Waals surface area contributed by atoms with Crippen molar-refractivity contribution in [3.8, 4) is 11.3 Å². The number of aryl methyl sites for hydroxylation is 1. The van der Waals surface area contributed by atoms with Crippen LogP contribution in [0.3, 0.4) is 0 Å². The van der Waals surface area contributed by atoms with Crippen molar-refractivity contribution in [1.82, 2.24) is 14.5 Å². The zero-order chi connectivity index (χ0) is 15.3. The molecule has 1 N–H and O–H groups in total. The monoisotopic (exact) mass is 307 g/mol. The second kappa shape index (κ2) is 6.64. The molecule has 0 unspecified atom stereocenters. The van der Waals surface area contributed by atoms with Crippen LogP contribution in [0.25, 0.3) is 11.3 Å². The summed E-state index contributed by atoms with van der Waals surface area (Å²) in [4.78, 5) is 11.8. The Morgan fingerprint density at radius 1 is 1.14 bits per heavy atom. The van der Waals surface area contributed by atoms with Crippen LogP contribution < -0.4 is 10.3 Å². The van der Waals surface area contributed by atoms with Crippen molar-refractivity contribution in [2.45, 2.75) is 13.0 Å². The zero-order valence-corrected chi connectivity index (χ0v) is 12.5. The highest BCUT2D eigenvalue weighted by Gasteiger charge is 2.04. The van der Waals surface area contributed by atoms with Gasteiger partial charge < -0.3 is 0 Å². The van der Waals surface area contributed by atoms with Crippen molar-refractivity contribution < 1.29 is 8.42 Å². The number of nitrogens with zero attached hydrogens (tertiary/aromatic N) is 2. The first-order valence-corrected chi connectivity index (χ1v) is 8.43. The third kappa shape index (κ3) is 4.80. The Bertz CT molecular complexity index is 755. The third-order valence-corrected chi connectivity index (χ3v) is 3.58. The van der Waals surface area contributed by atoms with E-state index in [1.165, 1.54) is 10.7 Å². The lowest BCUT2D eigenvalue weighted by molar-refractivity contribution is 0.538. The summed E-state index contributed by atoms with van der Waals surface area (Å²) in [6.45, 7) is 0.643. The predicted molar refractivity (Wildman–Crippen MR) is 81.4 cm³/mol.